The highest BCUT2D eigenvalue weighted by Crippen LogP contribution is 2.16. The molecule has 3 heteroatoms. The summed E-state index contributed by atoms with van der Waals surface area (Å²) in [5.41, 5.74) is 0.709. The SMILES string of the molecule is C[C@@H](/C=C/[C@@H](O)C/C=C/C(=O)OC(C)(C)C)c1ccccc1. The van der Waals surface area contributed by atoms with Crippen molar-refractivity contribution in [3.8, 4) is 0 Å². The van der Waals surface area contributed by atoms with Crippen LogP contribution >= 0.6 is 0 Å². The van der Waals surface area contributed by atoms with E-state index in [0.717, 1.165) is 0 Å². The van der Waals surface area contributed by atoms with Gasteiger partial charge in [0.1, 0.15) is 5.60 Å². The van der Waals surface area contributed by atoms with Gasteiger partial charge in [0.25, 0.3) is 0 Å². The molecule has 0 saturated carbocycles. The lowest BCUT2D eigenvalue weighted by Gasteiger charge is -2.17. The Hall–Kier alpha value is -1.87. The Morgan fingerprint density at radius 3 is 2.45 bits per heavy atom. The molecule has 2 atom stereocenters. The van der Waals surface area contributed by atoms with E-state index in [1.807, 2.05) is 45.0 Å². The Morgan fingerprint density at radius 2 is 1.86 bits per heavy atom. The molecule has 1 aromatic rings. The van der Waals surface area contributed by atoms with Crippen LogP contribution in [0.2, 0.25) is 0 Å². The summed E-state index contributed by atoms with van der Waals surface area (Å²) in [6.45, 7) is 7.54. The third-order valence-corrected chi connectivity index (χ3v) is 2.99. The number of hydrogen-bond donors (Lipinski definition) is 1. The smallest absolute Gasteiger partial charge is 0.330 e. The summed E-state index contributed by atoms with van der Waals surface area (Å²) < 4.78 is 5.15. The molecule has 0 radical (unpaired) electrons. The predicted octanol–water partition coefficient (Wildman–Crippen LogP) is 4.00. The van der Waals surface area contributed by atoms with Gasteiger partial charge in [-0.25, -0.2) is 4.79 Å². The summed E-state index contributed by atoms with van der Waals surface area (Å²) in [6.07, 6.45) is 6.51. The topological polar surface area (TPSA) is 46.5 Å². The van der Waals surface area contributed by atoms with Crippen LogP contribution in [0.1, 0.15) is 45.6 Å². The number of esters is 1. The van der Waals surface area contributed by atoms with Crippen LogP contribution in [-0.4, -0.2) is 22.8 Å². The molecular formula is C19H26O3. The van der Waals surface area contributed by atoms with Gasteiger partial charge in [0.2, 0.25) is 0 Å². The monoisotopic (exact) mass is 302 g/mol. The number of benzene rings is 1. The van der Waals surface area contributed by atoms with Gasteiger partial charge >= 0.3 is 5.97 Å². The summed E-state index contributed by atoms with van der Waals surface area (Å²) in [6, 6.07) is 10.1. The van der Waals surface area contributed by atoms with Gasteiger partial charge in [0, 0.05) is 6.08 Å². The van der Waals surface area contributed by atoms with E-state index in [-0.39, 0.29) is 11.9 Å². The third kappa shape index (κ3) is 7.79. The highest BCUT2D eigenvalue weighted by atomic mass is 16.6. The Labute approximate surface area is 133 Å². The summed E-state index contributed by atoms with van der Waals surface area (Å²) in [5.74, 6) is -0.146. The second-order valence-electron chi connectivity index (χ2n) is 6.32. The van der Waals surface area contributed by atoms with E-state index in [0.29, 0.717) is 6.42 Å². The van der Waals surface area contributed by atoms with Gasteiger partial charge in [-0.05, 0) is 38.7 Å². The fourth-order valence-corrected chi connectivity index (χ4v) is 1.88. The van der Waals surface area contributed by atoms with Gasteiger partial charge in [-0.15, -0.1) is 0 Å². The summed E-state index contributed by atoms with van der Waals surface area (Å²) in [5, 5.41) is 9.90. The van der Waals surface area contributed by atoms with Gasteiger partial charge in [-0.2, -0.15) is 0 Å². The molecule has 1 N–H and O–H groups in total. The van der Waals surface area contributed by atoms with Gasteiger partial charge in [-0.1, -0.05) is 55.5 Å². The van der Waals surface area contributed by atoms with Crippen molar-refractivity contribution in [3.63, 3.8) is 0 Å². The molecule has 0 spiro atoms. The number of ether oxygens (including phenoxy) is 1. The van der Waals surface area contributed by atoms with E-state index >= 15 is 0 Å². The van der Waals surface area contributed by atoms with Crippen molar-refractivity contribution in [1.29, 1.82) is 0 Å². The first-order chi connectivity index (χ1) is 10.3. The molecule has 0 heterocycles. The molecule has 120 valence electrons. The Bertz CT molecular complexity index is 509. The highest BCUT2D eigenvalue weighted by molar-refractivity contribution is 5.82. The van der Waals surface area contributed by atoms with Crippen molar-refractivity contribution in [2.45, 2.75) is 51.7 Å². The minimum Gasteiger partial charge on any atom is -0.457 e. The van der Waals surface area contributed by atoms with Crippen LogP contribution in [0.3, 0.4) is 0 Å². The Kier molecular flexibility index (Phi) is 7.06. The largest absolute Gasteiger partial charge is 0.457 e. The van der Waals surface area contributed by atoms with E-state index < -0.39 is 11.7 Å². The molecule has 0 bridgehead atoms. The van der Waals surface area contributed by atoms with E-state index in [9.17, 15) is 9.90 Å². The molecule has 0 aliphatic heterocycles. The lowest BCUT2D eigenvalue weighted by atomic mass is 10.00. The quantitative estimate of drug-likeness (QED) is 0.491. The number of rotatable bonds is 6. The molecule has 1 rings (SSSR count). The van der Waals surface area contributed by atoms with E-state index in [2.05, 4.69) is 19.1 Å². The van der Waals surface area contributed by atoms with Crippen LogP contribution in [0, 0.1) is 0 Å². The number of aliphatic hydroxyl groups is 1. The van der Waals surface area contributed by atoms with Crippen molar-refractivity contribution in [2.75, 3.05) is 0 Å². The van der Waals surface area contributed by atoms with E-state index in [1.54, 1.807) is 12.2 Å². The maximum Gasteiger partial charge on any atom is 0.330 e. The third-order valence-electron chi connectivity index (χ3n) is 2.99. The molecule has 0 fully saturated rings. The van der Waals surface area contributed by atoms with Crippen LogP contribution in [-0.2, 0) is 9.53 Å². The van der Waals surface area contributed by atoms with Crippen LogP contribution in [0.4, 0.5) is 0 Å². The lowest BCUT2D eigenvalue weighted by Crippen LogP contribution is -2.22. The second-order valence-corrected chi connectivity index (χ2v) is 6.32. The zero-order valence-electron chi connectivity index (χ0n) is 13.8. The van der Waals surface area contributed by atoms with E-state index in [4.69, 9.17) is 4.74 Å². The minimum atomic E-state index is -0.607. The molecule has 1 aromatic carbocycles. The predicted molar refractivity (Wildman–Crippen MR) is 89.6 cm³/mol. The molecule has 22 heavy (non-hydrogen) atoms. The van der Waals surface area contributed by atoms with Crippen LogP contribution in [0.15, 0.2) is 54.6 Å². The second kappa shape index (κ2) is 8.54. The molecule has 0 unspecified atom stereocenters. The average Bonchev–Trinajstić information content (AvgIpc) is 2.43. The first-order valence-corrected chi connectivity index (χ1v) is 7.59. The summed E-state index contributed by atoms with van der Waals surface area (Å²) in [7, 11) is 0. The molecule has 0 amide bonds. The van der Waals surface area contributed by atoms with Gasteiger partial charge in [0.15, 0.2) is 0 Å². The normalized spacial score (nSPS) is 15.1. The Balaban J connectivity index is 2.41. The van der Waals surface area contributed by atoms with Crippen molar-refractivity contribution >= 4 is 5.97 Å². The first-order valence-electron chi connectivity index (χ1n) is 7.59. The zero-order chi connectivity index (χ0) is 16.6. The number of carbonyl (C=O) groups excluding carboxylic acids is 1. The van der Waals surface area contributed by atoms with Crippen molar-refractivity contribution in [2.24, 2.45) is 0 Å². The number of allylic oxidation sites excluding steroid dienone is 1. The summed E-state index contributed by atoms with van der Waals surface area (Å²) >= 11 is 0. The molecule has 3 nitrogen and oxygen atoms in total. The Morgan fingerprint density at radius 1 is 1.23 bits per heavy atom. The minimum absolute atomic E-state index is 0.241. The maximum absolute atomic E-state index is 11.5. The number of carbonyl (C=O) groups is 1. The first kappa shape index (κ1) is 18.2. The highest BCUT2D eigenvalue weighted by Gasteiger charge is 2.13. The van der Waals surface area contributed by atoms with Crippen molar-refractivity contribution < 1.29 is 14.6 Å². The zero-order valence-corrected chi connectivity index (χ0v) is 13.8. The standard InChI is InChI=1S/C19H26O3/c1-15(16-9-6-5-7-10-16)13-14-17(20)11-8-12-18(21)22-19(2,3)4/h5-10,12-15,17,20H,11H2,1-4H3/b12-8+,14-13+/t15-,17-/m0/s1. The number of hydrogen-bond acceptors (Lipinski definition) is 3. The van der Waals surface area contributed by atoms with Crippen molar-refractivity contribution in [1.82, 2.24) is 0 Å². The molecular weight excluding hydrogens is 276 g/mol. The van der Waals surface area contributed by atoms with Crippen LogP contribution in [0.25, 0.3) is 0 Å². The van der Waals surface area contributed by atoms with Gasteiger partial charge < -0.3 is 9.84 Å². The molecule has 0 aromatic heterocycles. The molecule has 0 aliphatic rings. The lowest BCUT2D eigenvalue weighted by molar-refractivity contribution is -0.148. The van der Waals surface area contributed by atoms with Gasteiger partial charge in [-0.3, -0.25) is 0 Å². The summed E-state index contributed by atoms with van der Waals surface area (Å²) in [4.78, 5) is 11.5. The number of aliphatic hydroxyl groups excluding tert-OH is 1. The van der Waals surface area contributed by atoms with Crippen LogP contribution < -0.4 is 0 Å². The fraction of sp³-hybridized carbons (Fsp3) is 0.421. The van der Waals surface area contributed by atoms with E-state index in [1.165, 1.54) is 11.6 Å². The van der Waals surface area contributed by atoms with Gasteiger partial charge in [0.05, 0.1) is 6.10 Å². The maximum atomic E-state index is 11.5. The molecule has 0 saturated heterocycles. The van der Waals surface area contributed by atoms with Crippen LogP contribution in [0.5, 0.6) is 0 Å². The fourth-order valence-electron chi connectivity index (χ4n) is 1.88. The average molecular weight is 302 g/mol. The molecule has 0 aliphatic carbocycles. The van der Waals surface area contributed by atoms with Crippen molar-refractivity contribution in [3.05, 3.63) is 60.2 Å².